The summed E-state index contributed by atoms with van der Waals surface area (Å²) in [7, 11) is 3.92. The van der Waals surface area contributed by atoms with E-state index in [2.05, 4.69) is 39.1 Å². The van der Waals surface area contributed by atoms with Crippen LogP contribution in [-0.4, -0.2) is 69.4 Å². The number of piperazine rings is 1. The molecule has 1 N–H and O–H groups in total. The van der Waals surface area contributed by atoms with E-state index >= 15 is 0 Å². The highest BCUT2D eigenvalue weighted by molar-refractivity contribution is 5.79. The number of ether oxygens (including phenoxy) is 1. The van der Waals surface area contributed by atoms with Crippen molar-refractivity contribution in [3.63, 3.8) is 0 Å². The summed E-state index contributed by atoms with van der Waals surface area (Å²) in [5.74, 6) is 1.24. The Hall–Kier alpha value is -2.71. The molecule has 1 aliphatic heterocycles. The first-order chi connectivity index (χ1) is 14.0. The lowest BCUT2D eigenvalue weighted by Crippen LogP contribution is -2.43. The van der Waals surface area contributed by atoms with Crippen molar-refractivity contribution in [3.8, 4) is 17.1 Å². The van der Waals surface area contributed by atoms with E-state index in [1.165, 1.54) is 5.56 Å². The maximum atomic E-state index is 12.7. The molecule has 0 aliphatic carbocycles. The van der Waals surface area contributed by atoms with Gasteiger partial charge >= 0.3 is 0 Å². The minimum atomic E-state index is -0.194. The summed E-state index contributed by atoms with van der Waals surface area (Å²) in [6.45, 7) is 9.49. The van der Waals surface area contributed by atoms with Crippen molar-refractivity contribution in [1.82, 2.24) is 29.5 Å². The highest BCUT2D eigenvalue weighted by Gasteiger charge is 2.18. The number of hydrogen-bond acceptors (Lipinski definition) is 6. The fourth-order valence-corrected chi connectivity index (χ4v) is 3.88. The molecular formula is C21H28N6O2. The van der Waals surface area contributed by atoms with Crippen LogP contribution in [0.4, 0.5) is 0 Å². The smallest absolute Gasteiger partial charge is 0.277 e. The number of rotatable bonds is 5. The Morgan fingerprint density at radius 2 is 1.93 bits per heavy atom. The summed E-state index contributed by atoms with van der Waals surface area (Å²) < 4.78 is 7.41. The summed E-state index contributed by atoms with van der Waals surface area (Å²) >= 11 is 0. The predicted octanol–water partition coefficient (Wildman–Crippen LogP) is 1.78. The van der Waals surface area contributed by atoms with Gasteiger partial charge in [-0.1, -0.05) is 6.07 Å². The second-order valence-corrected chi connectivity index (χ2v) is 7.66. The van der Waals surface area contributed by atoms with Gasteiger partial charge in [0.15, 0.2) is 5.52 Å². The summed E-state index contributed by atoms with van der Waals surface area (Å²) in [6, 6.07) is 6.16. The van der Waals surface area contributed by atoms with E-state index in [1.54, 1.807) is 11.7 Å². The molecule has 3 aromatic rings. The zero-order valence-electron chi connectivity index (χ0n) is 17.5. The largest absolute Gasteiger partial charge is 0.493 e. The first-order valence-corrected chi connectivity index (χ1v) is 10.1. The number of aryl methyl sites for hydroxylation is 2. The Bertz CT molecular complexity index is 1080. The molecule has 4 rings (SSSR count). The molecule has 0 unspecified atom stereocenters. The normalized spacial score (nSPS) is 15.9. The molecule has 8 heteroatoms. The number of aromatic nitrogens is 4. The van der Waals surface area contributed by atoms with Gasteiger partial charge in [0, 0.05) is 39.8 Å². The maximum absolute atomic E-state index is 12.7. The number of nitrogens with zero attached hydrogens (tertiary/aromatic N) is 5. The van der Waals surface area contributed by atoms with Crippen LogP contribution in [0.15, 0.2) is 23.0 Å². The molecule has 1 aromatic carbocycles. The summed E-state index contributed by atoms with van der Waals surface area (Å²) in [5.41, 5.74) is 3.64. The quantitative estimate of drug-likeness (QED) is 0.708. The van der Waals surface area contributed by atoms with Crippen molar-refractivity contribution in [2.75, 3.05) is 39.8 Å². The molecule has 154 valence electrons. The molecule has 1 aliphatic rings. The van der Waals surface area contributed by atoms with Gasteiger partial charge in [0.2, 0.25) is 0 Å². The molecule has 1 fully saturated rings. The van der Waals surface area contributed by atoms with Crippen molar-refractivity contribution in [3.05, 3.63) is 39.8 Å². The molecule has 0 saturated carbocycles. The van der Waals surface area contributed by atoms with Crippen LogP contribution in [-0.2, 0) is 13.6 Å². The second-order valence-electron chi connectivity index (χ2n) is 7.66. The third-order valence-electron chi connectivity index (χ3n) is 5.46. The zero-order valence-corrected chi connectivity index (χ0v) is 17.5. The Morgan fingerprint density at radius 3 is 2.66 bits per heavy atom. The van der Waals surface area contributed by atoms with E-state index in [-0.39, 0.29) is 5.56 Å². The van der Waals surface area contributed by atoms with Crippen LogP contribution in [0.5, 0.6) is 5.75 Å². The van der Waals surface area contributed by atoms with Gasteiger partial charge < -0.3 is 14.6 Å². The molecule has 0 atom stereocenters. The highest BCUT2D eigenvalue weighted by atomic mass is 16.5. The first-order valence-electron chi connectivity index (χ1n) is 10.1. The van der Waals surface area contributed by atoms with Gasteiger partial charge in [-0.15, -0.1) is 0 Å². The monoisotopic (exact) mass is 396 g/mol. The number of nitrogens with one attached hydrogen (secondary N) is 1. The maximum Gasteiger partial charge on any atom is 0.277 e. The minimum Gasteiger partial charge on any atom is -0.493 e. The van der Waals surface area contributed by atoms with Gasteiger partial charge in [-0.2, -0.15) is 5.10 Å². The highest BCUT2D eigenvalue weighted by Crippen LogP contribution is 2.30. The van der Waals surface area contributed by atoms with E-state index in [0.29, 0.717) is 23.5 Å². The van der Waals surface area contributed by atoms with E-state index < -0.39 is 0 Å². The molecule has 0 amide bonds. The lowest BCUT2D eigenvalue weighted by Gasteiger charge is -2.32. The number of aromatic amines is 1. The Labute approximate surface area is 170 Å². The van der Waals surface area contributed by atoms with Gasteiger partial charge in [-0.3, -0.25) is 14.4 Å². The van der Waals surface area contributed by atoms with Crippen molar-refractivity contribution < 1.29 is 4.74 Å². The van der Waals surface area contributed by atoms with Crippen LogP contribution < -0.4 is 10.3 Å². The Morgan fingerprint density at radius 1 is 1.17 bits per heavy atom. The molecule has 0 radical (unpaired) electrons. The van der Waals surface area contributed by atoms with E-state index in [9.17, 15) is 4.79 Å². The number of hydrogen-bond donors (Lipinski definition) is 1. The number of benzene rings is 1. The molecular weight excluding hydrogens is 368 g/mol. The lowest BCUT2D eigenvalue weighted by molar-refractivity contribution is 0.148. The van der Waals surface area contributed by atoms with E-state index in [4.69, 9.17) is 9.72 Å². The summed E-state index contributed by atoms with van der Waals surface area (Å²) in [6.07, 6.45) is 0. The van der Waals surface area contributed by atoms with Crippen molar-refractivity contribution in [1.29, 1.82) is 0 Å². The van der Waals surface area contributed by atoms with Gasteiger partial charge in [-0.25, -0.2) is 4.98 Å². The van der Waals surface area contributed by atoms with Gasteiger partial charge in [0.1, 0.15) is 17.1 Å². The molecule has 2 aromatic heterocycles. The fourth-order valence-electron chi connectivity index (χ4n) is 3.88. The molecule has 8 nitrogen and oxygen atoms in total. The fraction of sp³-hybridized carbons (Fsp3) is 0.476. The Kier molecular flexibility index (Phi) is 5.38. The first kappa shape index (κ1) is 19.6. The number of H-pyrrole nitrogens is 1. The third-order valence-corrected chi connectivity index (χ3v) is 5.46. The van der Waals surface area contributed by atoms with Crippen molar-refractivity contribution >= 4 is 11.0 Å². The van der Waals surface area contributed by atoms with E-state index in [0.717, 1.165) is 49.7 Å². The topological polar surface area (TPSA) is 79.3 Å². The molecule has 0 spiro atoms. The molecule has 3 heterocycles. The van der Waals surface area contributed by atoms with Crippen LogP contribution in [0.1, 0.15) is 18.2 Å². The standard InChI is InChI=1S/C21H28N6O2/c1-5-29-17-7-6-15(13-27-10-8-25(3)9-11-27)12-16(17)20-22-18-14(2)24-26(4)19(18)21(28)23-20/h6-7,12H,5,8-11,13H2,1-4H3,(H,22,23,28). The minimum absolute atomic E-state index is 0.194. The number of likely N-dealkylation sites (N-methyl/N-ethyl adjacent to an activating group) is 1. The van der Waals surface area contributed by atoms with Crippen LogP contribution in [0.25, 0.3) is 22.4 Å². The summed E-state index contributed by atoms with van der Waals surface area (Å²) in [5, 5.41) is 4.34. The summed E-state index contributed by atoms with van der Waals surface area (Å²) in [4.78, 5) is 25.2. The SMILES string of the molecule is CCOc1ccc(CN2CCN(C)CC2)cc1-c1nc2c(C)nn(C)c2c(=O)[nH]1. The van der Waals surface area contributed by atoms with E-state index in [1.807, 2.05) is 19.9 Å². The third kappa shape index (κ3) is 3.90. The van der Waals surface area contributed by atoms with Crippen molar-refractivity contribution in [2.24, 2.45) is 7.05 Å². The second kappa shape index (κ2) is 7.96. The molecule has 1 saturated heterocycles. The van der Waals surface area contributed by atoms with Crippen LogP contribution in [0.2, 0.25) is 0 Å². The van der Waals surface area contributed by atoms with Crippen LogP contribution in [0.3, 0.4) is 0 Å². The number of fused-ring (bicyclic) bond motifs is 1. The van der Waals surface area contributed by atoms with Crippen molar-refractivity contribution in [2.45, 2.75) is 20.4 Å². The Balaban J connectivity index is 1.74. The van der Waals surface area contributed by atoms with Gasteiger partial charge in [0.25, 0.3) is 5.56 Å². The average molecular weight is 396 g/mol. The molecule has 0 bridgehead atoms. The van der Waals surface area contributed by atoms with Crippen LogP contribution >= 0.6 is 0 Å². The predicted molar refractivity (Wildman–Crippen MR) is 113 cm³/mol. The molecule has 29 heavy (non-hydrogen) atoms. The van der Waals surface area contributed by atoms with Gasteiger partial charge in [-0.05, 0) is 38.6 Å². The average Bonchev–Trinajstić information content (AvgIpc) is 2.99. The van der Waals surface area contributed by atoms with Crippen LogP contribution in [0, 0.1) is 6.92 Å². The van der Waals surface area contributed by atoms with Gasteiger partial charge in [0.05, 0.1) is 17.9 Å². The zero-order chi connectivity index (χ0) is 20.5. The lowest BCUT2D eigenvalue weighted by atomic mass is 10.1.